The number of carbonyl (C=O) groups is 1. The lowest BCUT2D eigenvalue weighted by Crippen LogP contribution is -2.32. The van der Waals surface area contributed by atoms with E-state index >= 15 is 0 Å². The summed E-state index contributed by atoms with van der Waals surface area (Å²) in [5.74, 6) is 0.767. The lowest BCUT2D eigenvalue weighted by molar-refractivity contribution is 0.0791. The summed E-state index contributed by atoms with van der Waals surface area (Å²) in [4.78, 5) is 16.9. The average molecular weight is 401 g/mol. The van der Waals surface area contributed by atoms with Crippen LogP contribution in [0.1, 0.15) is 33.3 Å². The zero-order valence-corrected chi connectivity index (χ0v) is 16.5. The Bertz CT molecular complexity index is 860. The van der Waals surface area contributed by atoms with Crippen molar-refractivity contribution in [2.75, 3.05) is 30.3 Å². The van der Waals surface area contributed by atoms with Gasteiger partial charge in [-0.1, -0.05) is 12.1 Å². The number of anilines is 1. The number of nitrogens with two attached hydrogens (primary N) is 2. The molecule has 1 amide bonds. The standard InChI is InChI=1S/C21H25FN4OS/c22-17-4-1-14(2-5-17)21-26(9-10-28-21)19-6-3-15(11-16(19)12-23)20(27)25-8-7-18(24)13-25/h1-6,11,18,21H,7-10,12-13,23-24H2. The van der Waals surface area contributed by atoms with Crippen LogP contribution in [-0.2, 0) is 6.54 Å². The Balaban J connectivity index is 1.60. The molecular weight excluding hydrogens is 375 g/mol. The molecular formula is C21H25FN4OS. The first-order valence-corrected chi connectivity index (χ1v) is 10.6. The van der Waals surface area contributed by atoms with Gasteiger partial charge in [0, 0.05) is 49.2 Å². The maximum atomic E-state index is 13.3. The van der Waals surface area contributed by atoms with Gasteiger partial charge in [0.1, 0.15) is 11.2 Å². The molecule has 4 N–H and O–H groups in total. The first kappa shape index (κ1) is 19.2. The van der Waals surface area contributed by atoms with E-state index in [2.05, 4.69) is 4.90 Å². The minimum atomic E-state index is -0.231. The molecule has 2 unspecified atom stereocenters. The van der Waals surface area contributed by atoms with E-state index < -0.39 is 0 Å². The molecule has 2 saturated heterocycles. The zero-order chi connectivity index (χ0) is 19.7. The maximum absolute atomic E-state index is 13.3. The first-order valence-electron chi connectivity index (χ1n) is 9.58. The molecule has 2 aromatic carbocycles. The monoisotopic (exact) mass is 400 g/mol. The minimum absolute atomic E-state index is 0.0140. The van der Waals surface area contributed by atoms with Gasteiger partial charge in [0.15, 0.2) is 0 Å². The highest BCUT2D eigenvalue weighted by Crippen LogP contribution is 2.42. The van der Waals surface area contributed by atoms with E-state index in [4.69, 9.17) is 11.5 Å². The summed E-state index contributed by atoms with van der Waals surface area (Å²) >= 11 is 1.83. The molecule has 0 saturated carbocycles. The first-order chi connectivity index (χ1) is 13.6. The molecule has 0 aromatic heterocycles. The molecule has 4 rings (SSSR count). The van der Waals surface area contributed by atoms with E-state index in [0.29, 0.717) is 25.2 Å². The topological polar surface area (TPSA) is 75.6 Å². The minimum Gasteiger partial charge on any atom is -0.354 e. The summed E-state index contributed by atoms with van der Waals surface area (Å²) in [7, 11) is 0. The SMILES string of the molecule is NCc1cc(C(=O)N2CCC(N)C2)ccc1N1CCSC1c1ccc(F)cc1. The van der Waals surface area contributed by atoms with Crippen molar-refractivity contribution in [2.45, 2.75) is 24.4 Å². The molecule has 2 aliphatic rings. The van der Waals surface area contributed by atoms with Crippen LogP contribution in [0.4, 0.5) is 10.1 Å². The number of hydrogen-bond acceptors (Lipinski definition) is 5. The number of hydrogen-bond donors (Lipinski definition) is 2. The van der Waals surface area contributed by atoms with Crippen molar-refractivity contribution in [1.29, 1.82) is 0 Å². The van der Waals surface area contributed by atoms with Crippen LogP contribution in [0, 0.1) is 5.82 Å². The van der Waals surface area contributed by atoms with Crippen LogP contribution in [0.3, 0.4) is 0 Å². The van der Waals surface area contributed by atoms with Crippen molar-refractivity contribution >= 4 is 23.4 Å². The smallest absolute Gasteiger partial charge is 0.253 e. The van der Waals surface area contributed by atoms with Crippen molar-refractivity contribution in [3.05, 3.63) is 65.0 Å². The van der Waals surface area contributed by atoms with Crippen molar-refractivity contribution < 1.29 is 9.18 Å². The third-order valence-corrected chi connectivity index (χ3v) is 6.67. The van der Waals surface area contributed by atoms with Crippen LogP contribution in [-0.4, -0.2) is 42.2 Å². The van der Waals surface area contributed by atoms with Gasteiger partial charge in [-0.15, -0.1) is 11.8 Å². The number of amides is 1. The van der Waals surface area contributed by atoms with E-state index in [-0.39, 0.29) is 23.1 Å². The second-order valence-corrected chi connectivity index (χ2v) is 8.50. The third-order valence-electron chi connectivity index (χ3n) is 5.41. The van der Waals surface area contributed by atoms with Gasteiger partial charge < -0.3 is 21.3 Å². The lowest BCUT2D eigenvalue weighted by Gasteiger charge is -2.28. The Morgan fingerprint density at radius 1 is 1.18 bits per heavy atom. The molecule has 2 atom stereocenters. The second-order valence-electron chi connectivity index (χ2n) is 7.32. The maximum Gasteiger partial charge on any atom is 0.253 e. The fraction of sp³-hybridized carbons (Fsp3) is 0.381. The highest BCUT2D eigenvalue weighted by molar-refractivity contribution is 7.99. The van der Waals surface area contributed by atoms with Crippen LogP contribution < -0.4 is 16.4 Å². The lowest BCUT2D eigenvalue weighted by atomic mass is 10.1. The van der Waals surface area contributed by atoms with Crippen LogP contribution in [0.2, 0.25) is 0 Å². The largest absolute Gasteiger partial charge is 0.354 e. The molecule has 2 aliphatic heterocycles. The van der Waals surface area contributed by atoms with Gasteiger partial charge in [0.2, 0.25) is 0 Å². The predicted octanol–water partition coefficient (Wildman–Crippen LogP) is 2.71. The number of carbonyl (C=O) groups excluding carboxylic acids is 1. The van der Waals surface area contributed by atoms with Crippen LogP contribution in [0.5, 0.6) is 0 Å². The molecule has 2 heterocycles. The van der Waals surface area contributed by atoms with E-state index in [1.54, 1.807) is 0 Å². The number of nitrogens with zero attached hydrogens (tertiary/aromatic N) is 2. The van der Waals surface area contributed by atoms with Crippen molar-refractivity contribution in [3.63, 3.8) is 0 Å². The number of rotatable bonds is 4. The number of likely N-dealkylation sites (tertiary alicyclic amines) is 1. The Kier molecular flexibility index (Phi) is 5.57. The predicted molar refractivity (Wildman–Crippen MR) is 112 cm³/mol. The van der Waals surface area contributed by atoms with E-state index in [1.807, 2.05) is 47.0 Å². The van der Waals surface area contributed by atoms with E-state index in [0.717, 1.165) is 35.5 Å². The second kappa shape index (κ2) is 8.11. The third kappa shape index (κ3) is 3.74. The molecule has 0 bridgehead atoms. The average Bonchev–Trinajstić information content (AvgIpc) is 3.36. The number of halogens is 1. The van der Waals surface area contributed by atoms with Crippen LogP contribution in [0.15, 0.2) is 42.5 Å². The quantitative estimate of drug-likeness (QED) is 0.825. The molecule has 148 valence electrons. The van der Waals surface area contributed by atoms with E-state index in [1.165, 1.54) is 12.1 Å². The van der Waals surface area contributed by atoms with Gasteiger partial charge in [-0.3, -0.25) is 4.79 Å². The Labute approximate surface area is 168 Å². The van der Waals surface area contributed by atoms with Gasteiger partial charge in [-0.05, 0) is 47.9 Å². The fourth-order valence-electron chi connectivity index (χ4n) is 3.94. The number of thioether (sulfide) groups is 1. The van der Waals surface area contributed by atoms with Crippen molar-refractivity contribution in [1.82, 2.24) is 4.90 Å². The Morgan fingerprint density at radius 3 is 2.64 bits per heavy atom. The molecule has 2 aromatic rings. The van der Waals surface area contributed by atoms with Gasteiger partial charge in [0.05, 0.1) is 0 Å². The highest BCUT2D eigenvalue weighted by atomic mass is 32.2. The summed E-state index contributed by atoms with van der Waals surface area (Å²) in [6.45, 7) is 2.55. The van der Waals surface area contributed by atoms with Crippen LogP contribution in [0.25, 0.3) is 0 Å². The summed E-state index contributed by atoms with van der Waals surface area (Å²) in [5.41, 5.74) is 15.7. The summed E-state index contributed by atoms with van der Waals surface area (Å²) in [6, 6.07) is 12.5. The summed E-state index contributed by atoms with van der Waals surface area (Å²) in [6.07, 6.45) is 0.845. The van der Waals surface area contributed by atoms with Crippen molar-refractivity contribution in [3.8, 4) is 0 Å². The normalized spacial score (nSPS) is 22.1. The van der Waals surface area contributed by atoms with Crippen molar-refractivity contribution in [2.24, 2.45) is 11.5 Å². The van der Waals surface area contributed by atoms with Gasteiger partial charge >= 0.3 is 0 Å². The molecule has 0 aliphatic carbocycles. The molecule has 2 fully saturated rings. The highest BCUT2D eigenvalue weighted by Gasteiger charge is 2.29. The van der Waals surface area contributed by atoms with Crippen LogP contribution >= 0.6 is 11.8 Å². The fourth-order valence-corrected chi connectivity index (χ4v) is 5.21. The summed E-state index contributed by atoms with van der Waals surface area (Å²) in [5, 5.41) is 0.115. The Morgan fingerprint density at radius 2 is 1.96 bits per heavy atom. The van der Waals surface area contributed by atoms with Gasteiger partial charge in [-0.25, -0.2) is 4.39 Å². The molecule has 28 heavy (non-hydrogen) atoms. The zero-order valence-electron chi connectivity index (χ0n) is 15.7. The molecule has 0 spiro atoms. The van der Waals surface area contributed by atoms with Gasteiger partial charge in [0.25, 0.3) is 5.91 Å². The molecule has 5 nitrogen and oxygen atoms in total. The number of benzene rings is 2. The van der Waals surface area contributed by atoms with Gasteiger partial charge in [-0.2, -0.15) is 0 Å². The molecule has 0 radical (unpaired) electrons. The van der Waals surface area contributed by atoms with E-state index in [9.17, 15) is 9.18 Å². The summed E-state index contributed by atoms with van der Waals surface area (Å²) < 4.78 is 13.3. The Hall–Kier alpha value is -2.09. The molecule has 7 heteroatoms.